The molecule has 0 radical (unpaired) electrons. The fourth-order valence-electron chi connectivity index (χ4n) is 5.24. The Labute approximate surface area is 236 Å². The van der Waals surface area contributed by atoms with Crippen LogP contribution in [-0.2, 0) is 22.6 Å². The van der Waals surface area contributed by atoms with Crippen molar-refractivity contribution in [3.63, 3.8) is 0 Å². The molecule has 8 nitrogen and oxygen atoms in total. The zero-order chi connectivity index (χ0) is 27.9. The number of aromatic nitrogens is 2. The maximum absolute atomic E-state index is 13.2. The van der Waals surface area contributed by atoms with Crippen molar-refractivity contribution in [3.8, 4) is 5.75 Å². The first-order valence-corrected chi connectivity index (χ1v) is 14.3. The van der Waals surface area contributed by atoms with Crippen LogP contribution in [0.3, 0.4) is 0 Å². The van der Waals surface area contributed by atoms with Crippen LogP contribution in [0.5, 0.6) is 5.75 Å². The lowest BCUT2D eigenvalue weighted by Gasteiger charge is -2.33. The lowest BCUT2D eigenvalue weighted by atomic mass is 9.92. The normalized spacial score (nSPS) is 15.5. The van der Waals surface area contributed by atoms with E-state index in [1.165, 1.54) is 24.1 Å². The van der Waals surface area contributed by atoms with E-state index >= 15 is 0 Å². The van der Waals surface area contributed by atoms with Gasteiger partial charge in [-0.05, 0) is 74.6 Å². The van der Waals surface area contributed by atoms with Crippen molar-refractivity contribution >= 4 is 17.6 Å². The summed E-state index contributed by atoms with van der Waals surface area (Å²) < 4.78 is 11.0. The minimum atomic E-state index is -0.498. The lowest BCUT2D eigenvalue weighted by Crippen LogP contribution is -2.35. The van der Waals surface area contributed by atoms with Crippen molar-refractivity contribution in [1.82, 2.24) is 15.3 Å². The molecule has 1 aliphatic carbocycles. The minimum Gasteiger partial charge on any atom is -0.485 e. The van der Waals surface area contributed by atoms with Gasteiger partial charge >= 0.3 is 5.97 Å². The van der Waals surface area contributed by atoms with Crippen molar-refractivity contribution in [2.24, 2.45) is 5.92 Å². The highest BCUT2D eigenvalue weighted by Gasteiger charge is 2.26. The SMILES string of the molecule is CCOC(=O)CNC(=O)c1nc(CC2CCN(c3ccc(C4CC4)cc3)CC2)nc(C)c1OCc1ccccc1. The molecule has 2 aliphatic rings. The monoisotopic (exact) mass is 542 g/mol. The number of carbonyl (C=O) groups is 2. The van der Waals surface area contributed by atoms with Gasteiger partial charge in [-0.15, -0.1) is 0 Å². The second-order valence-electron chi connectivity index (χ2n) is 10.7. The van der Waals surface area contributed by atoms with Gasteiger partial charge in [0.25, 0.3) is 5.91 Å². The molecule has 2 aromatic carbocycles. The number of amides is 1. The summed E-state index contributed by atoms with van der Waals surface area (Å²) in [5.41, 5.74) is 4.48. The molecule has 8 heteroatoms. The number of nitrogens with zero attached hydrogens (tertiary/aromatic N) is 3. The predicted octanol–water partition coefficient (Wildman–Crippen LogP) is 4.99. The molecule has 2 fully saturated rings. The first-order chi connectivity index (χ1) is 19.5. The van der Waals surface area contributed by atoms with Crippen LogP contribution in [0.25, 0.3) is 0 Å². The number of ether oxygens (including phenoxy) is 2. The quantitative estimate of drug-likeness (QED) is 0.341. The summed E-state index contributed by atoms with van der Waals surface area (Å²) in [5.74, 6) is 1.18. The Morgan fingerprint density at radius 2 is 1.70 bits per heavy atom. The number of nitrogens with one attached hydrogen (secondary N) is 1. The van der Waals surface area contributed by atoms with Gasteiger partial charge in [0.2, 0.25) is 0 Å². The molecule has 0 atom stereocenters. The van der Waals surface area contributed by atoms with Gasteiger partial charge < -0.3 is 19.7 Å². The molecule has 1 aromatic heterocycles. The average Bonchev–Trinajstić information content (AvgIpc) is 3.82. The zero-order valence-corrected chi connectivity index (χ0v) is 23.4. The maximum atomic E-state index is 13.2. The second-order valence-corrected chi connectivity index (χ2v) is 10.7. The van der Waals surface area contributed by atoms with Crippen LogP contribution in [0.2, 0.25) is 0 Å². The van der Waals surface area contributed by atoms with E-state index in [1.807, 2.05) is 37.3 Å². The molecule has 0 spiro atoms. The number of hydrogen-bond donors (Lipinski definition) is 1. The van der Waals surface area contributed by atoms with E-state index in [2.05, 4.69) is 39.5 Å². The lowest BCUT2D eigenvalue weighted by molar-refractivity contribution is -0.141. The second kappa shape index (κ2) is 12.9. The van der Waals surface area contributed by atoms with Crippen LogP contribution >= 0.6 is 0 Å². The van der Waals surface area contributed by atoms with Gasteiger partial charge in [-0.3, -0.25) is 9.59 Å². The first kappa shape index (κ1) is 27.6. The van der Waals surface area contributed by atoms with Crippen LogP contribution in [0.1, 0.15) is 71.7 Å². The van der Waals surface area contributed by atoms with E-state index in [0.29, 0.717) is 29.6 Å². The number of anilines is 1. The summed E-state index contributed by atoms with van der Waals surface area (Å²) in [6.07, 6.45) is 5.39. The summed E-state index contributed by atoms with van der Waals surface area (Å²) in [6.45, 7) is 5.83. The number of rotatable bonds is 11. The van der Waals surface area contributed by atoms with Crippen LogP contribution in [0.15, 0.2) is 54.6 Å². The minimum absolute atomic E-state index is 0.149. The van der Waals surface area contributed by atoms with Gasteiger partial charge in [-0.25, -0.2) is 9.97 Å². The number of esters is 1. The van der Waals surface area contributed by atoms with Crippen molar-refractivity contribution in [2.45, 2.75) is 58.5 Å². The molecule has 1 amide bonds. The van der Waals surface area contributed by atoms with E-state index in [4.69, 9.17) is 14.5 Å². The smallest absolute Gasteiger partial charge is 0.325 e. The fraction of sp³-hybridized carbons (Fsp3) is 0.438. The van der Waals surface area contributed by atoms with Gasteiger partial charge in [0.1, 0.15) is 19.0 Å². The maximum Gasteiger partial charge on any atom is 0.325 e. The number of benzene rings is 2. The molecule has 210 valence electrons. The van der Waals surface area contributed by atoms with E-state index in [0.717, 1.165) is 37.4 Å². The summed E-state index contributed by atoms with van der Waals surface area (Å²) in [4.78, 5) is 36.8. The Balaban J connectivity index is 1.25. The molecule has 1 saturated heterocycles. The Morgan fingerprint density at radius 3 is 2.38 bits per heavy atom. The number of hydrogen-bond acceptors (Lipinski definition) is 7. The number of aryl methyl sites for hydroxylation is 1. The molecule has 5 rings (SSSR count). The third kappa shape index (κ3) is 7.17. The summed E-state index contributed by atoms with van der Waals surface area (Å²) >= 11 is 0. The molecular formula is C32H38N4O4. The largest absolute Gasteiger partial charge is 0.485 e. The molecule has 0 unspecified atom stereocenters. The van der Waals surface area contributed by atoms with Gasteiger partial charge in [-0.2, -0.15) is 0 Å². The summed E-state index contributed by atoms with van der Waals surface area (Å²) in [5, 5.41) is 2.63. The standard InChI is InChI=1S/C32H38N4O4/c1-3-39-29(37)20-33-32(38)30-31(40-21-24-7-5-4-6-8-24)22(2)34-28(35-30)19-23-15-17-36(18-16-23)27-13-11-26(12-14-27)25-9-10-25/h4-8,11-14,23,25H,3,9-10,15-21H2,1-2H3,(H,33,38). The number of carbonyl (C=O) groups excluding carboxylic acids is 2. The zero-order valence-electron chi connectivity index (χ0n) is 23.4. The topological polar surface area (TPSA) is 93.6 Å². The Kier molecular flexibility index (Phi) is 8.94. The Morgan fingerprint density at radius 1 is 0.975 bits per heavy atom. The molecule has 40 heavy (non-hydrogen) atoms. The molecule has 3 aromatic rings. The van der Waals surface area contributed by atoms with Crippen LogP contribution < -0.4 is 15.0 Å². The van der Waals surface area contributed by atoms with Gasteiger partial charge in [-0.1, -0.05) is 42.5 Å². The third-order valence-corrected chi connectivity index (χ3v) is 7.61. The molecule has 2 heterocycles. The van der Waals surface area contributed by atoms with E-state index in [9.17, 15) is 9.59 Å². The van der Waals surface area contributed by atoms with E-state index in [1.54, 1.807) is 6.92 Å². The first-order valence-electron chi connectivity index (χ1n) is 14.3. The van der Waals surface area contributed by atoms with Gasteiger partial charge in [0.05, 0.1) is 12.3 Å². The molecule has 1 aliphatic heterocycles. The van der Waals surface area contributed by atoms with Crippen molar-refractivity contribution in [3.05, 3.63) is 82.9 Å². The van der Waals surface area contributed by atoms with E-state index < -0.39 is 11.9 Å². The third-order valence-electron chi connectivity index (χ3n) is 7.61. The average molecular weight is 543 g/mol. The van der Waals surface area contributed by atoms with Crippen LogP contribution in [-0.4, -0.2) is 48.1 Å². The van der Waals surface area contributed by atoms with Crippen LogP contribution in [0, 0.1) is 12.8 Å². The molecule has 1 saturated carbocycles. The van der Waals surface area contributed by atoms with Crippen molar-refractivity contribution in [2.75, 3.05) is 31.1 Å². The van der Waals surface area contributed by atoms with E-state index in [-0.39, 0.29) is 25.5 Å². The summed E-state index contributed by atoms with van der Waals surface area (Å²) in [6, 6.07) is 18.8. The highest BCUT2D eigenvalue weighted by molar-refractivity contribution is 5.96. The predicted molar refractivity (Wildman–Crippen MR) is 154 cm³/mol. The molecule has 0 bridgehead atoms. The van der Waals surface area contributed by atoms with Gasteiger partial charge in [0.15, 0.2) is 11.4 Å². The Hall–Kier alpha value is -3.94. The van der Waals surface area contributed by atoms with Gasteiger partial charge in [0, 0.05) is 25.2 Å². The Bertz CT molecular complexity index is 1300. The highest BCUT2D eigenvalue weighted by Crippen LogP contribution is 2.40. The highest BCUT2D eigenvalue weighted by atomic mass is 16.5. The van der Waals surface area contributed by atoms with Crippen molar-refractivity contribution < 1.29 is 19.1 Å². The number of piperidine rings is 1. The fourth-order valence-corrected chi connectivity index (χ4v) is 5.24. The molecule has 1 N–H and O–H groups in total. The molecular weight excluding hydrogens is 504 g/mol. The van der Waals surface area contributed by atoms with Crippen LogP contribution in [0.4, 0.5) is 5.69 Å². The van der Waals surface area contributed by atoms with Crippen molar-refractivity contribution in [1.29, 1.82) is 0 Å². The summed E-state index contributed by atoms with van der Waals surface area (Å²) in [7, 11) is 0.